The topological polar surface area (TPSA) is 32.5 Å². The van der Waals surface area contributed by atoms with E-state index in [1.165, 1.54) is 25.3 Å². The standard InChI is InChI=1S/C16H23F2N3/c17-16(18)14-10-12(19)4-5-15(14)21-9-6-13(11-21)20-7-2-1-3-8-20/h4-5,10,13,16H,1-3,6-9,11,19H2. The SMILES string of the molecule is Nc1ccc(N2CCC(N3CCCCC3)C2)c(C(F)F)c1. The number of anilines is 2. The van der Waals surface area contributed by atoms with Crippen LogP contribution in [0.3, 0.4) is 0 Å². The van der Waals surface area contributed by atoms with E-state index in [1.807, 2.05) is 0 Å². The Balaban J connectivity index is 1.73. The highest BCUT2D eigenvalue weighted by Gasteiger charge is 2.30. The highest BCUT2D eigenvalue weighted by atomic mass is 19.3. The number of likely N-dealkylation sites (tertiary alicyclic amines) is 1. The van der Waals surface area contributed by atoms with Gasteiger partial charge in [0.25, 0.3) is 6.43 Å². The number of halogens is 2. The number of hydrogen-bond donors (Lipinski definition) is 1. The van der Waals surface area contributed by atoms with Crippen LogP contribution < -0.4 is 10.6 Å². The van der Waals surface area contributed by atoms with Gasteiger partial charge in [-0.05, 0) is 50.6 Å². The molecule has 2 aliphatic rings. The molecular weight excluding hydrogens is 272 g/mol. The first-order valence-electron chi connectivity index (χ1n) is 7.82. The molecular formula is C16H23F2N3. The fourth-order valence-electron chi connectivity index (χ4n) is 3.58. The molecule has 2 fully saturated rings. The summed E-state index contributed by atoms with van der Waals surface area (Å²) in [4.78, 5) is 4.63. The smallest absolute Gasteiger partial charge is 0.265 e. The van der Waals surface area contributed by atoms with Gasteiger partial charge in [0.2, 0.25) is 0 Å². The number of hydrogen-bond acceptors (Lipinski definition) is 3. The Morgan fingerprint density at radius 3 is 2.57 bits per heavy atom. The molecule has 0 aliphatic carbocycles. The summed E-state index contributed by atoms with van der Waals surface area (Å²) in [5.74, 6) is 0. The molecule has 0 saturated carbocycles. The van der Waals surface area contributed by atoms with Gasteiger partial charge in [0, 0.05) is 36.1 Å². The zero-order valence-corrected chi connectivity index (χ0v) is 12.3. The first kappa shape index (κ1) is 14.6. The zero-order chi connectivity index (χ0) is 14.8. The van der Waals surface area contributed by atoms with Gasteiger partial charge in [0.05, 0.1) is 0 Å². The molecule has 1 unspecified atom stereocenters. The Hall–Kier alpha value is -1.36. The lowest BCUT2D eigenvalue weighted by molar-refractivity contribution is 0.151. The maximum absolute atomic E-state index is 13.2. The first-order chi connectivity index (χ1) is 10.1. The maximum Gasteiger partial charge on any atom is 0.265 e. The molecule has 21 heavy (non-hydrogen) atoms. The Labute approximate surface area is 124 Å². The fourth-order valence-corrected chi connectivity index (χ4v) is 3.58. The van der Waals surface area contributed by atoms with E-state index in [2.05, 4.69) is 9.80 Å². The van der Waals surface area contributed by atoms with Crippen LogP contribution >= 0.6 is 0 Å². The third-order valence-electron chi connectivity index (χ3n) is 4.70. The average Bonchev–Trinajstić information content (AvgIpc) is 2.97. The average molecular weight is 295 g/mol. The third-order valence-corrected chi connectivity index (χ3v) is 4.70. The van der Waals surface area contributed by atoms with Gasteiger partial charge >= 0.3 is 0 Å². The van der Waals surface area contributed by atoms with Gasteiger partial charge in [0.15, 0.2) is 0 Å². The van der Waals surface area contributed by atoms with Gasteiger partial charge in [0.1, 0.15) is 0 Å². The van der Waals surface area contributed by atoms with E-state index in [1.54, 1.807) is 12.1 Å². The van der Waals surface area contributed by atoms with Crippen LogP contribution in [0.5, 0.6) is 0 Å². The van der Waals surface area contributed by atoms with E-state index in [-0.39, 0.29) is 5.56 Å². The summed E-state index contributed by atoms with van der Waals surface area (Å²) < 4.78 is 26.4. The van der Waals surface area contributed by atoms with Crippen molar-refractivity contribution in [2.24, 2.45) is 0 Å². The van der Waals surface area contributed by atoms with E-state index in [0.29, 0.717) is 17.4 Å². The van der Waals surface area contributed by atoms with Crippen molar-refractivity contribution in [1.29, 1.82) is 0 Å². The van der Waals surface area contributed by atoms with Crippen molar-refractivity contribution in [1.82, 2.24) is 4.90 Å². The zero-order valence-electron chi connectivity index (χ0n) is 12.3. The minimum atomic E-state index is -2.47. The van der Waals surface area contributed by atoms with Gasteiger partial charge < -0.3 is 10.6 Å². The normalized spacial score (nSPS) is 24.0. The van der Waals surface area contributed by atoms with Gasteiger partial charge in [-0.25, -0.2) is 8.78 Å². The molecule has 1 aromatic carbocycles. The second-order valence-corrected chi connectivity index (χ2v) is 6.10. The molecule has 2 heterocycles. The number of nitrogens with two attached hydrogens (primary N) is 1. The molecule has 0 aromatic heterocycles. The highest BCUT2D eigenvalue weighted by Crippen LogP contribution is 2.34. The molecule has 0 radical (unpaired) electrons. The Morgan fingerprint density at radius 1 is 1.10 bits per heavy atom. The lowest BCUT2D eigenvalue weighted by Crippen LogP contribution is -2.41. The van der Waals surface area contributed by atoms with E-state index in [4.69, 9.17) is 5.73 Å². The third kappa shape index (κ3) is 3.12. The molecule has 0 spiro atoms. The second kappa shape index (κ2) is 6.18. The van der Waals surface area contributed by atoms with Crippen LogP contribution in [0.1, 0.15) is 37.7 Å². The van der Waals surface area contributed by atoms with Gasteiger partial charge in [-0.2, -0.15) is 0 Å². The lowest BCUT2D eigenvalue weighted by atomic mass is 10.1. The van der Waals surface area contributed by atoms with E-state index in [0.717, 1.165) is 32.6 Å². The summed E-state index contributed by atoms with van der Waals surface area (Å²) in [6.45, 7) is 4.01. The summed E-state index contributed by atoms with van der Waals surface area (Å²) in [5.41, 5.74) is 6.77. The molecule has 0 bridgehead atoms. The highest BCUT2D eigenvalue weighted by molar-refractivity contribution is 5.60. The van der Waals surface area contributed by atoms with Gasteiger partial charge in [-0.1, -0.05) is 6.42 Å². The number of nitrogen functional groups attached to an aromatic ring is 1. The lowest BCUT2D eigenvalue weighted by Gasteiger charge is -2.32. The van der Waals surface area contributed by atoms with Crippen molar-refractivity contribution in [3.63, 3.8) is 0 Å². The Morgan fingerprint density at radius 2 is 1.86 bits per heavy atom. The summed E-state index contributed by atoms with van der Waals surface area (Å²) in [7, 11) is 0. The van der Waals surface area contributed by atoms with Crippen LogP contribution in [0.25, 0.3) is 0 Å². The van der Waals surface area contributed by atoms with Crippen molar-refractivity contribution in [2.75, 3.05) is 36.8 Å². The van der Waals surface area contributed by atoms with Crippen molar-refractivity contribution in [3.05, 3.63) is 23.8 Å². The molecule has 1 aromatic rings. The second-order valence-electron chi connectivity index (χ2n) is 6.10. The molecule has 116 valence electrons. The van der Waals surface area contributed by atoms with Crippen molar-refractivity contribution in [2.45, 2.75) is 38.2 Å². The van der Waals surface area contributed by atoms with Crippen LogP contribution in [0, 0.1) is 0 Å². The molecule has 1 atom stereocenters. The number of benzene rings is 1. The number of nitrogens with zero attached hydrogens (tertiary/aromatic N) is 2. The van der Waals surface area contributed by atoms with E-state index < -0.39 is 6.43 Å². The predicted molar refractivity (Wildman–Crippen MR) is 81.9 cm³/mol. The molecule has 3 rings (SSSR count). The van der Waals surface area contributed by atoms with Crippen molar-refractivity contribution in [3.8, 4) is 0 Å². The Kier molecular flexibility index (Phi) is 4.29. The van der Waals surface area contributed by atoms with Crippen LogP contribution in [0.15, 0.2) is 18.2 Å². The van der Waals surface area contributed by atoms with Crippen LogP contribution in [0.4, 0.5) is 20.2 Å². The van der Waals surface area contributed by atoms with Crippen LogP contribution in [-0.2, 0) is 0 Å². The van der Waals surface area contributed by atoms with Gasteiger partial charge in [-0.15, -0.1) is 0 Å². The first-order valence-corrected chi connectivity index (χ1v) is 7.82. The largest absolute Gasteiger partial charge is 0.399 e. The molecule has 2 aliphatic heterocycles. The summed E-state index contributed by atoms with van der Waals surface area (Å²) in [6.07, 6.45) is 2.44. The minimum absolute atomic E-state index is 0.0642. The summed E-state index contributed by atoms with van der Waals surface area (Å²) >= 11 is 0. The summed E-state index contributed by atoms with van der Waals surface area (Å²) in [5, 5.41) is 0. The van der Waals surface area contributed by atoms with Crippen molar-refractivity contribution >= 4 is 11.4 Å². The number of alkyl halides is 2. The van der Waals surface area contributed by atoms with Crippen LogP contribution in [0.2, 0.25) is 0 Å². The molecule has 5 heteroatoms. The molecule has 0 amide bonds. The number of rotatable bonds is 3. The monoisotopic (exact) mass is 295 g/mol. The molecule has 2 N–H and O–H groups in total. The quantitative estimate of drug-likeness (QED) is 0.869. The maximum atomic E-state index is 13.2. The number of piperidine rings is 1. The van der Waals surface area contributed by atoms with Crippen molar-refractivity contribution < 1.29 is 8.78 Å². The predicted octanol–water partition coefficient (Wildman–Crippen LogP) is 3.27. The van der Waals surface area contributed by atoms with E-state index >= 15 is 0 Å². The molecule has 2 saturated heterocycles. The van der Waals surface area contributed by atoms with Gasteiger partial charge in [-0.3, -0.25) is 4.90 Å². The summed E-state index contributed by atoms with van der Waals surface area (Å²) in [6, 6.07) is 5.38. The van der Waals surface area contributed by atoms with E-state index in [9.17, 15) is 8.78 Å². The minimum Gasteiger partial charge on any atom is -0.399 e. The van der Waals surface area contributed by atoms with Crippen LogP contribution in [-0.4, -0.2) is 37.1 Å². The Bertz CT molecular complexity index is 486. The molecule has 3 nitrogen and oxygen atoms in total. The fraction of sp³-hybridized carbons (Fsp3) is 0.625.